The van der Waals surface area contributed by atoms with Crippen LogP contribution in [0.4, 0.5) is 0 Å². The van der Waals surface area contributed by atoms with E-state index in [0.29, 0.717) is 0 Å². The third-order valence-electron chi connectivity index (χ3n) is 1.25. The van der Waals surface area contributed by atoms with Gasteiger partial charge in [0.25, 0.3) is 9.06 Å². The van der Waals surface area contributed by atoms with Crippen LogP contribution in [0.2, 0.25) is 0 Å². The molecule has 0 saturated heterocycles. The Morgan fingerprint density at radius 3 is 2.46 bits per heavy atom. The summed E-state index contributed by atoms with van der Waals surface area (Å²) in [5, 5.41) is 0. The zero-order valence-electron chi connectivity index (χ0n) is 6.60. The van der Waals surface area contributed by atoms with E-state index < -0.39 is 14.9 Å². The fraction of sp³-hybridized carbons (Fsp3) is 0.400. The molecule has 6 nitrogen and oxygen atoms in total. The Balaban J connectivity index is 2.76. The van der Waals surface area contributed by atoms with Crippen LogP contribution in [-0.2, 0) is 15.6 Å². The quantitative estimate of drug-likeness (QED) is 0.549. The van der Waals surface area contributed by atoms with E-state index >= 15 is 0 Å². The van der Waals surface area contributed by atoms with Crippen molar-refractivity contribution in [2.75, 3.05) is 0 Å². The molecule has 0 spiro atoms. The van der Waals surface area contributed by atoms with E-state index in [1.165, 1.54) is 6.92 Å². The Kier molecular flexibility index (Phi) is 2.84. The van der Waals surface area contributed by atoms with Crippen molar-refractivity contribution in [3.63, 3.8) is 0 Å². The summed E-state index contributed by atoms with van der Waals surface area (Å²) in [6.45, 7) is 1.34. The first kappa shape index (κ1) is 10.4. The molecule has 0 aromatic carbocycles. The summed E-state index contributed by atoms with van der Waals surface area (Å²) in [4.78, 5) is 10.5. The van der Waals surface area contributed by atoms with Crippen LogP contribution in [0.1, 0.15) is 11.5 Å². The molecule has 74 valence electrons. The molecule has 0 saturated carbocycles. The predicted octanol–water partition coefficient (Wildman–Crippen LogP) is -0.195. The SMILES string of the molecule is Cc1oc(=O)oc1CNS(=O)(=O)S. The molecule has 1 rings (SSSR count). The highest BCUT2D eigenvalue weighted by Crippen LogP contribution is 2.04. The molecule has 1 aromatic heterocycles. The third kappa shape index (κ3) is 3.25. The summed E-state index contributed by atoms with van der Waals surface area (Å²) in [6, 6.07) is 0. The minimum atomic E-state index is -3.59. The van der Waals surface area contributed by atoms with Gasteiger partial charge in [0.2, 0.25) is 0 Å². The van der Waals surface area contributed by atoms with Gasteiger partial charge in [0, 0.05) is 0 Å². The monoisotopic (exact) mass is 225 g/mol. The molecule has 0 amide bonds. The largest absolute Gasteiger partial charge is 0.519 e. The van der Waals surface area contributed by atoms with Crippen LogP contribution < -0.4 is 10.5 Å². The lowest BCUT2D eigenvalue weighted by Gasteiger charge is -1.96. The molecule has 0 bridgehead atoms. The van der Waals surface area contributed by atoms with E-state index in [-0.39, 0.29) is 18.1 Å². The zero-order valence-corrected chi connectivity index (χ0v) is 8.31. The van der Waals surface area contributed by atoms with Gasteiger partial charge in [0.15, 0.2) is 5.76 Å². The Morgan fingerprint density at radius 2 is 2.08 bits per heavy atom. The first-order valence-corrected chi connectivity index (χ1v) is 5.73. The molecule has 8 heteroatoms. The minimum absolute atomic E-state index is 0.141. The summed E-state index contributed by atoms with van der Waals surface area (Å²) in [7, 11) is -3.59. The average Bonchev–Trinajstić information content (AvgIpc) is 2.24. The molecule has 1 N–H and O–H groups in total. The molecule has 0 fully saturated rings. The zero-order chi connectivity index (χ0) is 10.1. The lowest BCUT2D eigenvalue weighted by Crippen LogP contribution is -2.17. The van der Waals surface area contributed by atoms with Crippen LogP contribution in [0.15, 0.2) is 13.6 Å². The van der Waals surface area contributed by atoms with Gasteiger partial charge in [-0.2, -0.15) is 4.72 Å². The highest BCUT2D eigenvalue weighted by atomic mass is 33.1. The molecule has 1 aromatic rings. The van der Waals surface area contributed by atoms with Gasteiger partial charge in [0.1, 0.15) is 5.76 Å². The average molecular weight is 225 g/mol. The van der Waals surface area contributed by atoms with Gasteiger partial charge in [-0.3, -0.25) is 0 Å². The van der Waals surface area contributed by atoms with E-state index in [4.69, 9.17) is 0 Å². The van der Waals surface area contributed by atoms with Crippen molar-refractivity contribution in [2.45, 2.75) is 13.5 Å². The normalized spacial score (nSPS) is 11.8. The number of aryl methyl sites for hydroxylation is 1. The van der Waals surface area contributed by atoms with Gasteiger partial charge in [-0.1, -0.05) is 0 Å². The molecular formula is C5H7NO5S2. The van der Waals surface area contributed by atoms with Crippen molar-refractivity contribution in [1.82, 2.24) is 4.72 Å². The van der Waals surface area contributed by atoms with Crippen molar-refractivity contribution in [3.05, 3.63) is 22.1 Å². The summed E-state index contributed by atoms with van der Waals surface area (Å²) in [6.07, 6.45) is 0. The maximum atomic E-state index is 10.5. The van der Waals surface area contributed by atoms with Crippen LogP contribution in [0, 0.1) is 6.92 Å². The minimum Gasteiger partial charge on any atom is -0.396 e. The van der Waals surface area contributed by atoms with Crippen LogP contribution >= 0.6 is 11.7 Å². The topological polar surface area (TPSA) is 89.5 Å². The van der Waals surface area contributed by atoms with Crippen molar-refractivity contribution in [3.8, 4) is 0 Å². The third-order valence-corrected chi connectivity index (χ3v) is 2.15. The molecule has 13 heavy (non-hydrogen) atoms. The maximum Gasteiger partial charge on any atom is 0.519 e. The molecule has 0 aliphatic heterocycles. The van der Waals surface area contributed by atoms with E-state index in [0.717, 1.165) is 0 Å². The predicted molar refractivity (Wildman–Crippen MR) is 46.7 cm³/mol. The lowest BCUT2D eigenvalue weighted by atomic mass is 10.4. The van der Waals surface area contributed by atoms with Gasteiger partial charge in [-0.25, -0.2) is 13.2 Å². The lowest BCUT2D eigenvalue weighted by molar-refractivity contribution is 0.368. The van der Waals surface area contributed by atoms with Crippen molar-refractivity contribution < 1.29 is 17.3 Å². The number of rotatable bonds is 3. The van der Waals surface area contributed by atoms with Gasteiger partial charge >= 0.3 is 5.82 Å². The molecule has 0 atom stereocenters. The number of hydrogen-bond donors (Lipinski definition) is 2. The summed E-state index contributed by atoms with van der Waals surface area (Å²) in [5.41, 5.74) is 0. The Morgan fingerprint density at radius 1 is 1.46 bits per heavy atom. The smallest absolute Gasteiger partial charge is 0.396 e. The van der Waals surface area contributed by atoms with Crippen LogP contribution in [0.25, 0.3) is 0 Å². The van der Waals surface area contributed by atoms with Crippen LogP contribution in [0.5, 0.6) is 0 Å². The van der Waals surface area contributed by atoms with E-state index in [9.17, 15) is 13.2 Å². The summed E-state index contributed by atoms with van der Waals surface area (Å²) >= 11 is 3.24. The standard InChI is InChI=1S/C5H7NO5S2/c1-3-4(11-5(7)10-3)2-6-13(8,9)12/h6H,2H2,1H3,(H,8,9,12). The van der Waals surface area contributed by atoms with Crippen molar-refractivity contribution in [2.24, 2.45) is 0 Å². The van der Waals surface area contributed by atoms with Gasteiger partial charge in [-0.05, 0) is 18.6 Å². The first-order chi connectivity index (χ1) is 5.88. The fourth-order valence-electron chi connectivity index (χ4n) is 0.693. The second kappa shape index (κ2) is 3.56. The van der Waals surface area contributed by atoms with Gasteiger partial charge in [-0.15, -0.1) is 0 Å². The van der Waals surface area contributed by atoms with E-state index in [1.54, 1.807) is 0 Å². The van der Waals surface area contributed by atoms with Crippen LogP contribution in [-0.4, -0.2) is 8.42 Å². The molecule has 0 aliphatic rings. The molecule has 0 unspecified atom stereocenters. The molecule has 1 heterocycles. The second-order valence-electron chi connectivity index (χ2n) is 2.23. The van der Waals surface area contributed by atoms with Crippen molar-refractivity contribution >= 4 is 20.7 Å². The maximum absolute atomic E-state index is 10.5. The van der Waals surface area contributed by atoms with Crippen molar-refractivity contribution in [1.29, 1.82) is 0 Å². The Labute approximate surface area is 78.8 Å². The Hall–Kier alpha value is -0.730. The fourth-order valence-corrected chi connectivity index (χ4v) is 1.20. The second-order valence-corrected chi connectivity index (χ2v) is 4.91. The van der Waals surface area contributed by atoms with Gasteiger partial charge < -0.3 is 8.83 Å². The van der Waals surface area contributed by atoms with Crippen LogP contribution in [0.3, 0.4) is 0 Å². The molecular weight excluding hydrogens is 218 g/mol. The Bertz CT molecular complexity index is 442. The molecule has 0 aliphatic carbocycles. The van der Waals surface area contributed by atoms with E-state index in [2.05, 4.69) is 20.5 Å². The summed E-state index contributed by atoms with van der Waals surface area (Å²) in [5.74, 6) is -0.469. The molecule has 0 radical (unpaired) electrons. The van der Waals surface area contributed by atoms with Gasteiger partial charge in [0.05, 0.1) is 6.54 Å². The number of nitrogens with one attached hydrogen (secondary N) is 1. The van der Waals surface area contributed by atoms with E-state index in [1.807, 2.05) is 4.72 Å². The summed E-state index contributed by atoms with van der Waals surface area (Å²) < 4.78 is 32.1. The number of thiol groups is 1. The first-order valence-electron chi connectivity index (χ1n) is 3.20. The highest BCUT2D eigenvalue weighted by Gasteiger charge is 2.10. The number of hydrogen-bond acceptors (Lipinski definition) is 5. The highest BCUT2D eigenvalue weighted by molar-refractivity contribution is 8.62.